The SMILES string of the molecule is CC(=O)O[C@H]1C(OC(=O)c2ccccc2)C(O)OC(C)[C@@H]1OC(=O)c1ccccc1. The molecule has 0 aromatic heterocycles. The van der Waals surface area contributed by atoms with Crippen molar-refractivity contribution in [2.24, 2.45) is 0 Å². The molecule has 0 radical (unpaired) electrons. The van der Waals surface area contributed by atoms with Gasteiger partial charge in [-0.3, -0.25) is 4.79 Å². The van der Waals surface area contributed by atoms with Gasteiger partial charge in [0.25, 0.3) is 0 Å². The normalized spacial score (nSPS) is 25.8. The molecule has 8 heteroatoms. The van der Waals surface area contributed by atoms with Gasteiger partial charge in [-0.05, 0) is 31.2 Å². The number of esters is 3. The maximum absolute atomic E-state index is 12.5. The summed E-state index contributed by atoms with van der Waals surface area (Å²) in [5.41, 5.74) is 0.526. The van der Waals surface area contributed by atoms with Gasteiger partial charge in [0.15, 0.2) is 24.6 Å². The first-order valence-corrected chi connectivity index (χ1v) is 9.39. The quantitative estimate of drug-likeness (QED) is 0.585. The zero-order valence-corrected chi connectivity index (χ0v) is 16.5. The summed E-state index contributed by atoms with van der Waals surface area (Å²) in [5, 5.41) is 10.4. The number of rotatable bonds is 5. The van der Waals surface area contributed by atoms with E-state index < -0.39 is 48.6 Å². The van der Waals surface area contributed by atoms with Gasteiger partial charge in [0.2, 0.25) is 0 Å². The topological polar surface area (TPSA) is 108 Å². The zero-order chi connectivity index (χ0) is 21.7. The van der Waals surface area contributed by atoms with Crippen molar-refractivity contribution in [3.63, 3.8) is 0 Å². The van der Waals surface area contributed by atoms with Gasteiger partial charge in [-0.2, -0.15) is 0 Å². The van der Waals surface area contributed by atoms with Crippen LogP contribution in [-0.2, 0) is 23.7 Å². The van der Waals surface area contributed by atoms with Gasteiger partial charge >= 0.3 is 17.9 Å². The molecule has 1 fully saturated rings. The Hall–Kier alpha value is -3.23. The van der Waals surface area contributed by atoms with Crippen LogP contribution in [0, 0.1) is 0 Å². The first-order valence-electron chi connectivity index (χ1n) is 9.39. The van der Waals surface area contributed by atoms with Crippen molar-refractivity contribution in [3.8, 4) is 0 Å². The van der Waals surface area contributed by atoms with Crippen LogP contribution in [0.2, 0.25) is 0 Å². The van der Waals surface area contributed by atoms with Crippen LogP contribution in [0.3, 0.4) is 0 Å². The molecule has 0 aliphatic carbocycles. The van der Waals surface area contributed by atoms with Crippen LogP contribution in [0.5, 0.6) is 0 Å². The van der Waals surface area contributed by atoms with Crippen molar-refractivity contribution >= 4 is 17.9 Å². The fourth-order valence-electron chi connectivity index (χ4n) is 3.14. The van der Waals surface area contributed by atoms with Crippen molar-refractivity contribution in [2.75, 3.05) is 0 Å². The molecule has 0 amide bonds. The van der Waals surface area contributed by atoms with Crippen LogP contribution < -0.4 is 0 Å². The Bertz CT molecular complexity index is 817. The number of aliphatic hydroxyl groups is 1. The maximum atomic E-state index is 12.5. The lowest BCUT2D eigenvalue weighted by atomic mass is 9.98. The van der Waals surface area contributed by atoms with Crippen LogP contribution in [0.1, 0.15) is 34.6 Å². The van der Waals surface area contributed by atoms with E-state index >= 15 is 0 Å². The zero-order valence-electron chi connectivity index (χ0n) is 16.5. The molecular weight excluding hydrogens is 392 g/mol. The van der Waals surface area contributed by atoms with E-state index in [4.69, 9.17) is 18.9 Å². The summed E-state index contributed by atoms with van der Waals surface area (Å²) in [6.07, 6.45) is -6.18. The molecule has 1 N–H and O–H groups in total. The van der Waals surface area contributed by atoms with Gasteiger partial charge in [0.05, 0.1) is 17.2 Å². The van der Waals surface area contributed by atoms with Crippen LogP contribution in [0.15, 0.2) is 60.7 Å². The Morgan fingerprint density at radius 2 is 1.23 bits per heavy atom. The minimum absolute atomic E-state index is 0.239. The summed E-state index contributed by atoms with van der Waals surface area (Å²) in [5.74, 6) is -2.11. The number of aliphatic hydroxyl groups excluding tert-OH is 1. The van der Waals surface area contributed by atoms with E-state index in [0.29, 0.717) is 0 Å². The summed E-state index contributed by atoms with van der Waals surface area (Å²) in [6.45, 7) is 2.72. The molecule has 2 aromatic rings. The standard InChI is InChI=1S/C22H22O8/c1-13-17(29-20(24)15-9-5-3-6-10-15)18(28-14(2)23)19(22(26)27-13)30-21(25)16-11-7-4-8-12-16/h3-13,17-19,22,26H,1-2H3/t13?,17-,18+,19?,22?/m0/s1. The molecule has 3 unspecified atom stereocenters. The molecule has 158 valence electrons. The molecule has 5 atom stereocenters. The molecule has 0 saturated carbocycles. The lowest BCUT2D eigenvalue weighted by molar-refractivity contribution is -0.279. The highest BCUT2D eigenvalue weighted by Gasteiger charge is 2.50. The van der Waals surface area contributed by atoms with Gasteiger partial charge in [0.1, 0.15) is 0 Å². The van der Waals surface area contributed by atoms with Gasteiger partial charge < -0.3 is 24.1 Å². The third kappa shape index (κ3) is 5.03. The minimum Gasteiger partial charge on any atom is -0.454 e. The van der Waals surface area contributed by atoms with E-state index in [1.54, 1.807) is 55.5 Å². The molecule has 1 saturated heterocycles. The first kappa shape index (κ1) is 21.5. The highest BCUT2D eigenvalue weighted by atomic mass is 16.7. The fraction of sp³-hybridized carbons (Fsp3) is 0.318. The second-order valence-electron chi connectivity index (χ2n) is 6.78. The van der Waals surface area contributed by atoms with E-state index in [1.807, 2.05) is 0 Å². The summed E-state index contributed by atoms with van der Waals surface area (Å²) >= 11 is 0. The largest absolute Gasteiger partial charge is 0.454 e. The molecule has 2 aromatic carbocycles. The first-order chi connectivity index (χ1) is 14.4. The monoisotopic (exact) mass is 414 g/mol. The number of carbonyl (C=O) groups excluding carboxylic acids is 3. The summed E-state index contributed by atoms with van der Waals surface area (Å²) in [4.78, 5) is 36.7. The Morgan fingerprint density at radius 3 is 1.70 bits per heavy atom. The maximum Gasteiger partial charge on any atom is 0.338 e. The fourth-order valence-corrected chi connectivity index (χ4v) is 3.14. The molecular formula is C22H22O8. The predicted octanol–water partition coefficient (Wildman–Crippen LogP) is 2.11. The van der Waals surface area contributed by atoms with E-state index in [1.165, 1.54) is 19.1 Å². The van der Waals surface area contributed by atoms with Crippen LogP contribution in [0.25, 0.3) is 0 Å². The number of hydrogen-bond acceptors (Lipinski definition) is 8. The third-order valence-electron chi connectivity index (χ3n) is 4.55. The van der Waals surface area contributed by atoms with E-state index in [9.17, 15) is 19.5 Å². The van der Waals surface area contributed by atoms with Crippen LogP contribution >= 0.6 is 0 Å². The average Bonchev–Trinajstić information content (AvgIpc) is 2.74. The van der Waals surface area contributed by atoms with Crippen molar-refractivity contribution in [1.82, 2.24) is 0 Å². The smallest absolute Gasteiger partial charge is 0.338 e. The number of ether oxygens (including phenoxy) is 4. The number of carbonyl (C=O) groups is 3. The highest BCUT2D eigenvalue weighted by Crippen LogP contribution is 2.28. The van der Waals surface area contributed by atoms with Gasteiger partial charge in [-0.15, -0.1) is 0 Å². The van der Waals surface area contributed by atoms with Crippen LogP contribution in [0.4, 0.5) is 0 Å². The second kappa shape index (κ2) is 9.51. The number of benzene rings is 2. The Labute approximate surface area is 173 Å². The van der Waals surface area contributed by atoms with Crippen molar-refractivity contribution in [3.05, 3.63) is 71.8 Å². The lowest BCUT2D eigenvalue weighted by Crippen LogP contribution is -2.60. The van der Waals surface area contributed by atoms with Crippen molar-refractivity contribution < 1.29 is 38.4 Å². The highest BCUT2D eigenvalue weighted by molar-refractivity contribution is 5.90. The number of hydrogen-bond donors (Lipinski definition) is 1. The van der Waals surface area contributed by atoms with E-state index in [0.717, 1.165) is 0 Å². The minimum atomic E-state index is -1.58. The van der Waals surface area contributed by atoms with Gasteiger partial charge in [-0.1, -0.05) is 36.4 Å². The van der Waals surface area contributed by atoms with Crippen molar-refractivity contribution in [1.29, 1.82) is 0 Å². The van der Waals surface area contributed by atoms with Crippen LogP contribution in [-0.4, -0.2) is 53.7 Å². The second-order valence-corrected chi connectivity index (χ2v) is 6.78. The summed E-state index contributed by atoms with van der Waals surface area (Å²) in [6, 6.07) is 16.4. The van der Waals surface area contributed by atoms with E-state index in [2.05, 4.69) is 0 Å². The lowest BCUT2D eigenvalue weighted by Gasteiger charge is -2.42. The Morgan fingerprint density at radius 1 is 0.767 bits per heavy atom. The molecule has 1 heterocycles. The molecule has 0 bridgehead atoms. The molecule has 30 heavy (non-hydrogen) atoms. The Kier molecular flexibility index (Phi) is 6.81. The molecule has 1 aliphatic heterocycles. The average molecular weight is 414 g/mol. The van der Waals surface area contributed by atoms with E-state index in [-0.39, 0.29) is 11.1 Å². The molecule has 1 aliphatic rings. The summed E-state index contributed by atoms with van der Waals surface area (Å²) < 4.78 is 21.6. The van der Waals surface area contributed by atoms with Gasteiger partial charge in [0, 0.05) is 6.92 Å². The molecule has 8 nitrogen and oxygen atoms in total. The van der Waals surface area contributed by atoms with Gasteiger partial charge in [-0.25, -0.2) is 9.59 Å². The molecule has 3 rings (SSSR count). The van der Waals surface area contributed by atoms with Crippen molar-refractivity contribution in [2.45, 2.75) is 44.6 Å². The Balaban J connectivity index is 1.84. The molecule has 0 spiro atoms. The summed E-state index contributed by atoms with van der Waals surface area (Å²) in [7, 11) is 0. The predicted molar refractivity (Wildman–Crippen MR) is 103 cm³/mol. The third-order valence-corrected chi connectivity index (χ3v) is 4.55.